The van der Waals surface area contributed by atoms with Crippen molar-refractivity contribution < 1.29 is 13.9 Å². The molecule has 2 N–H and O–H groups in total. The van der Waals surface area contributed by atoms with Crippen LogP contribution in [0.25, 0.3) is 0 Å². The first-order valence-electron chi connectivity index (χ1n) is 8.16. The van der Waals surface area contributed by atoms with Crippen LogP contribution in [0, 0.1) is 24.1 Å². The number of benzene rings is 2. The lowest BCUT2D eigenvalue weighted by Crippen LogP contribution is -2.23. The molecular weight excluding hydrogens is 404 g/mol. The van der Waals surface area contributed by atoms with Crippen LogP contribution in [0.4, 0.5) is 4.39 Å². The van der Waals surface area contributed by atoms with Crippen LogP contribution in [-0.4, -0.2) is 10.9 Å². The van der Waals surface area contributed by atoms with Crippen molar-refractivity contribution in [1.29, 1.82) is 5.26 Å². The van der Waals surface area contributed by atoms with E-state index >= 15 is 0 Å². The number of aromatic amines is 1. The van der Waals surface area contributed by atoms with Gasteiger partial charge in [-0.15, -0.1) is 0 Å². The third kappa shape index (κ3) is 4.45. The fraction of sp³-hybridized carbons (Fsp3) is 0.100. The molecule has 0 aliphatic carbocycles. The number of rotatable bonds is 5. The molecular formula is C20H14Cl2FN3O2. The first kappa shape index (κ1) is 19.7. The summed E-state index contributed by atoms with van der Waals surface area (Å²) in [6.45, 7) is 1.79. The van der Waals surface area contributed by atoms with Crippen molar-refractivity contribution in [1.82, 2.24) is 10.3 Å². The van der Waals surface area contributed by atoms with Gasteiger partial charge in [0.1, 0.15) is 11.4 Å². The molecule has 2 aromatic carbocycles. The summed E-state index contributed by atoms with van der Waals surface area (Å²) in [5, 5.41) is 12.0. The normalized spacial score (nSPS) is 10.4. The number of nitrogens with zero attached hydrogens (tertiary/aromatic N) is 1. The minimum Gasteiger partial charge on any atom is -0.453 e. The Labute approximate surface area is 170 Å². The molecule has 28 heavy (non-hydrogen) atoms. The van der Waals surface area contributed by atoms with E-state index in [4.69, 9.17) is 33.2 Å². The SMILES string of the molecule is Cc1c[nH]c(C(=O)NCc2ccc(Cl)c(Oc3cc(Cl)cc(C#N)c3)c2F)c1. The molecule has 0 aliphatic heterocycles. The molecule has 0 bridgehead atoms. The maximum Gasteiger partial charge on any atom is 0.267 e. The van der Waals surface area contributed by atoms with E-state index in [0.717, 1.165) is 5.56 Å². The van der Waals surface area contributed by atoms with Gasteiger partial charge in [0.2, 0.25) is 0 Å². The number of H-pyrrole nitrogens is 1. The minimum absolute atomic E-state index is 0.0473. The molecule has 3 rings (SSSR count). The topological polar surface area (TPSA) is 77.9 Å². The van der Waals surface area contributed by atoms with Crippen molar-refractivity contribution in [2.45, 2.75) is 13.5 Å². The second-order valence-corrected chi connectivity index (χ2v) is 6.86. The molecule has 0 spiro atoms. The molecule has 0 fully saturated rings. The fourth-order valence-electron chi connectivity index (χ4n) is 2.51. The lowest BCUT2D eigenvalue weighted by molar-refractivity contribution is 0.0946. The summed E-state index contributed by atoms with van der Waals surface area (Å²) in [5.41, 5.74) is 1.75. The highest BCUT2D eigenvalue weighted by Crippen LogP contribution is 2.35. The highest BCUT2D eigenvalue weighted by Gasteiger charge is 2.17. The molecule has 0 saturated heterocycles. The van der Waals surface area contributed by atoms with Gasteiger partial charge in [-0.25, -0.2) is 4.39 Å². The highest BCUT2D eigenvalue weighted by atomic mass is 35.5. The first-order chi connectivity index (χ1) is 13.4. The van der Waals surface area contributed by atoms with E-state index in [9.17, 15) is 9.18 Å². The Morgan fingerprint density at radius 3 is 2.75 bits per heavy atom. The monoisotopic (exact) mass is 417 g/mol. The molecule has 3 aromatic rings. The van der Waals surface area contributed by atoms with Crippen molar-refractivity contribution in [2.24, 2.45) is 0 Å². The van der Waals surface area contributed by atoms with E-state index in [1.165, 1.54) is 30.3 Å². The smallest absolute Gasteiger partial charge is 0.267 e. The third-order valence-corrected chi connectivity index (χ3v) is 4.38. The summed E-state index contributed by atoms with van der Waals surface area (Å²) >= 11 is 12.0. The van der Waals surface area contributed by atoms with Crippen LogP contribution in [0.2, 0.25) is 10.0 Å². The van der Waals surface area contributed by atoms with Crippen LogP contribution in [0.3, 0.4) is 0 Å². The number of carbonyl (C=O) groups excluding carboxylic acids is 1. The van der Waals surface area contributed by atoms with Gasteiger partial charge in [0.05, 0.1) is 16.7 Å². The molecule has 0 atom stereocenters. The largest absolute Gasteiger partial charge is 0.453 e. The number of nitriles is 1. The van der Waals surface area contributed by atoms with E-state index in [0.29, 0.717) is 5.69 Å². The number of amides is 1. The van der Waals surface area contributed by atoms with Crippen molar-refractivity contribution in [3.05, 3.63) is 80.8 Å². The Kier molecular flexibility index (Phi) is 5.88. The van der Waals surface area contributed by atoms with E-state index < -0.39 is 5.82 Å². The van der Waals surface area contributed by atoms with Crippen LogP contribution in [0.5, 0.6) is 11.5 Å². The van der Waals surface area contributed by atoms with Gasteiger partial charge < -0.3 is 15.0 Å². The second kappa shape index (κ2) is 8.34. The van der Waals surface area contributed by atoms with Crippen LogP contribution in [0.1, 0.15) is 27.2 Å². The molecule has 8 heteroatoms. The summed E-state index contributed by atoms with van der Waals surface area (Å²) in [6, 6.07) is 10.9. The quantitative estimate of drug-likeness (QED) is 0.585. The van der Waals surface area contributed by atoms with Crippen molar-refractivity contribution in [3.8, 4) is 17.6 Å². The molecule has 0 radical (unpaired) electrons. The van der Waals surface area contributed by atoms with Gasteiger partial charge in [-0.3, -0.25) is 4.79 Å². The molecule has 1 amide bonds. The molecule has 0 unspecified atom stereocenters. The Hall–Kier alpha value is -3.01. The zero-order valence-electron chi connectivity index (χ0n) is 14.6. The number of carbonyl (C=O) groups is 1. The van der Waals surface area contributed by atoms with Crippen LogP contribution in [-0.2, 0) is 6.54 Å². The second-order valence-electron chi connectivity index (χ2n) is 6.01. The van der Waals surface area contributed by atoms with Crippen molar-refractivity contribution in [2.75, 3.05) is 0 Å². The lowest BCUT2D eigenvalue weighted by Gasteiger charge is -2.13. The Morgan fingerprint density at radius 2 is 2.07 bits per heavy atom. The average molecular weight is 418 g/mol. The van der Waals surface area contributed by atoms with Gasteiger partial charge in [0.25, 0.3) is 5.91 Å². The van der Waals surface area contributed by atoms with E-state index in [1.54, 1.807) is 12.3 Å². The van der Waals surface area contributed by atoms with Gasteiger partial charge in [-0.2, -0.15) is 5.26 Å². The third-order valence-electron chi connectivity index (χ3n) is 3.86. The van der Waals surface area contributed by atoms with Gasteiger partial charge >= 0.3 is 0 Å². The number of hydrogen-bond donors (Lipinski definition) is 2. The van der Waals surface area contributed by atoms with Crippen LogP contribution in [0.15, 0.2) is 42.6 Å². The zero-order valence-corrected chi connectivity index (χ0v) is 16.2. The summed E-state index contributed by atoms with van der Waals surface area (Å²) < 4.78 is 20.4. The van der Waals surface area contributed by atoms with Crippen molar-refractivity contribution in [3.63, 3.8) is 0 Å². The maximum atomic E-state index is 14.9. The maximum absolute atomic E-state index is 14.9. The number of halogens is 3. The lowest BCUT2D eigenvalue weighted by atomic mass is 10.2. The molecule has 0 aliphatic rings. The van der Waals surface area contributed by atoms with Crippen LogP contribution < -0.4 is 10.1 Å². The van der Waals surface area contributed by atoms with Crippen LogP contribution >= 0.6 is 23.2 Å². The molecule has 1 heterocycles. The summed E-state index contributed by atoms with van der Waals surface area (Å²) in [7, 11) is 0. The van der Waals surface area contributed by atoms with E-state index in [1.807, 2.05) is 13.0 Å². The van der Waals surface area contributed by atoms with Gasteiger partial charge in [-0.05, 0) is 42.8 Å². The number of aryl methyl sites for hydroxylation is 1. The van der Waals surface area contributed by atoms with Gasteiger partial charge in [0, 0.05) is 23.3 Å². The highest BCUT2D eigenvalue weighted by molar-refractivity contribution is 6.32. The van der Waals surface area contributed by atoms with Crippen molar-refractivity contribution >= 4 is 29.1 Å². The average Bonchev–Trinajstić information content (AvgIpc) is 3.10. The van der Waals surface area contributed by atoms with Gasteiger partial charge in [-0.1, -0.05) is 29.3 Å². The zero-order chi connectivity index (χ0) is 20.3. The predicted molar refractivity (Wildman–Crippen MR) is 104 cm³/mol. The van der Waals surface area contributed by atoms with E-state index in [2.05, 4.69) is 10.3 Å². The number of hydrogen-bond acceptors (Lipinski definition) is 3. The Bertz CT molecular complexity index is 1090. The molecule has 5 nitrogen and oxygen atoms in total. The Morgan fingerprint density at radius 1 is 1.29 bits per heavy atom. The van der Waals surface area contributed by atoms with Gasteiger partial charge in [0.15, 0.2) is 11.6 Å². The molecule has 142 valence electrons. The molecule has 0 saturated carbocycles. The number of nitrogens with one attached hydrogen (secondary N) is 2. The van der Waals surface area contributed by atoms with E-state index in [-0.39, 0.29) is 45.1 Å². The number of aromatic nitrogens is 1. The first-order valence-corrected chi connectivity index (χ1v) is 8.91. The Balaban J connectivity index is 1.81. The summed E-state index contributed by atoms with van der Waals surface area (Å²) in [4.78, 5) is 15.0. The summed E-state index contributed by atoms with van der Waals surface area (Å²) in [6.07, 6.45) is 1.70. The predicted octanol–water partition coefficient (Wildman–Crippen LogP) is 5.36. The molecule has 1 aromatic heterocycles. The number of ether oxygens (including phenoxy) is 1. The fourth-order valence-corrected chi connectivity index (χ4v) is 2.92. The summed E-state index contributed by atoms with van der Waals surface area (Å²) in [5.74, 6) is -1.12. The standard InChI is InChI=1S/C20H14Cl2FN3O2/c1-11-4-17(25-9-11)20(27)26-10-13-2-3-16(22)19(18(13)23)28-15-6-12(8-24)5-14(21)7-15/h2-7,9,25H,10H2,1H3,(H,26,27). The minimum atomic E-state index is -0.714.